The van der Waals surface area contributed by atoms with Crippen LogP contribution in [0, 0.1) is 0 Å². The standard InChI is InChI=1S/C16H23N5O5/c1-8(2)3-4-17-14-10-15(19-6-18-14)20-7-21(10)16-13(25)12(24)11(23)9(5-22)26-16/h3,6-7,9,11-13,16,22-25H,4-5H2,1-2H3,(H,17,18,19)/t9-,11?,12+,13+,16-/m1/s1. The van der Waals surface area contributed by atoms with Gasteiger partial charge in [0.25, 0.3) is 0 Å². The minimum Gasteiger partial charge on any atom is -0.394 e. The first-order chi connectivity index (χ1) is 12.4. The fourth-order valence-corrected chi connectivity index (χ4v) is 2.86. The first kappa shape index (κ1) is 18.7. The molecule has 1 fully saturated rings. The number of fused-ring (bicyclic) bond motifs is 1. The van der Waals surface area contributed by atoms with E-state index in [0.717, 1.165) is 5.57 Å². The highest BCUT2D eigenvalue weighted by molar-refractivity contribution is 5.83. The summed E-state index contributed by atoms with van der Waals surface area (Å²) in [5, 5.41) is 42.9. The molecule has 0 amide bonds. The minimum absolute atomic E-state index is 0.386. The number of hydrogen-bond donors (Lipinski definition) is 5. The van der Waals surface area contributed by atoms with Crippen LogP contribution in [0.15, 0.2) is 24.3 Å². The van der Waals surface area contributed by atoms with Crippen LogP contribution in [0.3, 0.4) is 0 Å². The summed E-state index contributed by atoms with van der Waals surface area (Å²) in [5.74, 6) is 0.488. The van der Waals surface area contributed by atoms with Gasteiger partial charge in [-0.25, -0.2) is 15.0 Å². The second kappa shape index (κ2) is 7.64. The Hall–Kier alpha value is -2.11. The summed E-state index contributed by atoms with van der Waals surface area (Å²) in [6.07, 6.45) is -1.62. The summed E-state index contributed by atoms with van der Waals surface area (Å²) in [4.78, 5) is 12.5. The number of imidazole rings is 1. The van der Waals surface area contributed by atoms with Crippen LogP contribution in [-0.4, -0.2) is 77.5 Å². The molecule has 1 unspecified atom stereocenters. The van der Waals surface area contributed by atoms with Gasteiger partial charge in [-0.1, -0.05) is 11.6 Å². The number of anilines is 1. The third-order valence-electron chi connectivity index (χ3n) is 4.29. The molecular formula is C16H23N5O5. The van der Waals surface area contributed by atoms with Crippen molar-refractivity contribution in [2.75, 3.05) is 18.5 Å². The highest BCUT2D eigenvalue weighted by atomic mass is 16.6. The Labute approximate surface area is 149 Å². The summed E-state index contributed by atoms with van der Waals surface area (Å²) in [6, 6.07) is 0. The Bertz CT molecular complexity index is 788. The minimum atomic E-state index is -1.48. The summed E-state index contributed by atoms with van der Waals surface area (Å²) < 4.78 is 7.09. The molecule has 0 aromatic carbocycles. The summed E-state index contributed by atoms with van der Waals surface area (Å²) in [5.41, 5.74) is 2.01. The number of aliphatic hydroxyl groups is 4. The topological polar surface area (TPSA) is 146 Å². The van der Waals surface area contributed by atoms with Gasteiger partial charge in [-0.05, 0) is 13.8 Å². The van der Waals surface area contributed by atoms with E-state index < -0.39 is 37.3 Å². The second-order valence-corrected chi connectivity index (χ2v) is 6.43. The molecule has 1 saturated heterocycles. The van der Waals surface area contributed by atoms with Crippen molar-refractivity contribution in [3.63, 3.8) is 0 Å². The van der Waals surface area contributed by atoms with Crippen molar-refractivity contribution < 1.29 is 25.2 Å². The molecule has 1 aliphatic rings. The first-order valence-corrected chi connectivity index (χ1v) is 8.29. The number of rotatable bonds is 5. The number of allylic oxidation sites excluding steroid dienone is 1. The maximum Gasteiger partial charge on any atom is 0.183 e. The van der Waals surface area contributed by atoms with Crippen LogP contribution in [0.5, 0.6) is 0 Å². The highest BCUT2D eigenvalue weighted by Crippen LogP contribution is 2.32. The Balaban J connectivity index is 1.98. The normalized spacial score (nSPS) is 28.9. The van der Waals surface area contributed by atoms with E-state index in [-0.39, 0.29) is 0 Å². The van der Waals surface area contributed by atoms with Gasteiger partial charge in [-0.2, -0.15) is 0 Å². The molecule has 3 rings (SSSR count). The summed E-state index contributed by atoms with van der Waals surface area (Å²) >= 11 is 0. The molecule has 0 aliphatic carbocycles. The van der Waals surface area contributed by atoms with Gasteiger partial charge in [-0.3, -0.25) is 4.57 Å². The smallest absolute Gasteiger partial charge is 0.183 e. The van der Waals surface area contributed by atoms with Crippen LogP contribution < -0.4 is 5.32 Å². The molecule has 0 saturated carbocycles. The molecule has 1 aliphatic heterocycles. The maximum atomic E-state index is 10.4. The summed E-state index contributed by atoms with van der Waals surface area (Å²) in [7, 11) is 0. The van der Waals surface area contributed by atoms with Crippen LogP contribution in [0.25, 0.3) is 11.2 Å². The Morgan fingerprint density at radius 2 is 1.96 bits per heavy atom. The van der Waals surface area contributed by atoms with Gasteiger partial charge in [0, 0.05) is 6.54 Å². The number of nitrogens with zero attached hydrogens (tertiary/aromatic N) is 4. The number of hydrogen-bond acceptors (Lipinski definition) is 9. The monoisotopic (exact) mass is 365 g/mol. The Morgan fingerprint density at radius 1 is 1.19 bits per heavy atom. The third-order valence-corrected chi connectivity index (χ3v) is 4.29. The molecule has 142 valence electrons. The number of aliphatic hydroxyl groups excluding tert-OH is 4. The SMILES string of the molecule is CC(C)=CCNc1ncnc2ncn([C@@H]3O[C@H](CO)C(O)[C@H](O)[C@@H]3O)c12. The van der Waals surface area contributed by atoms with Crippen LogP contribution in [-0.2, 0) is 4.74 Å². The molecule has 2 aromatic heterocycles. The van der Waals surface area contributed by atoms with Gasteiger partial charge < -0.3 is 30.5 Å². The fraction of sp³-hybridized carbons (Fsp3) is 0.562. The van der Waals surface area contributed by atoms with Crippen molar-refractivity contribution in [3.05, 3.63) is 24.3 Å². The van der Waals surface area contributed by atoms with E-state index >= 15 is 0 Å². The van der Waals surface area contributed by atoms with E-state index in [1.165, 1.54) is 17.2 Å². The predicted octanol–water partition coefficient (Wildman–Crippen LogP) is -0.823. The van der Waals surface area contributed by atoms with E-state index in [1.54, 1.807) is 0 Å². The molecule has 3 heterocycles. The zero-order valence-corrected chi connectivity index (χ0v) is 14.5. The van der Waals surface area contributed by atoms with Gasteiger partial charge in [0.15, 0.2) is 17.7 Å². The lowest BCUT2D eigenvalue weighted by Gasteiger charge is -2.40. The van der Waals surface area contributed by atoms with Gasteiger partial charge in [0.2, 0.25) is 0 Å². The van der Waals surface area contributed by atoms with Gasteiger partial charge >= 0.3 is 0 Å². The lowest BCUT2D eigenvalue weighted by molar-refractivity contribution is -0.250. The van der Waals surface area contributed by atoms with Crippen molar-refractivity contribution in [1.82, 2.24) is 19.5 Å². The van der Waals surface area contributed by atoms with Crippen molar-refractivity contribution in [2.24, 2.45) is 0 Å². The van der Waals surface area contributed by atoms with Crippen molar-refractivity contribution >= 4 is 17.0 Å². The second-order valence-electron chi connectivity index (χ2n) is 6.43. The largest absolute Gasteiger partial charge is 0.394 e. The maximum absolute atomic E-state index is 10.4. The molecule has 26 heavy (non-hydrogen) atoms. The highest BCUT2D eigenvalue weighted by Gasteiger charge is 2.44. The zero-order valence-electron chi connectivity index (χ0n) is 14.5. The lowest BCUT2D eigenvalue weighted by Crippen LogP contribution is -2.56. The van der Waals surface area contributed by atoms with E-state index in [1.807, 2.05) is 19.9 Å². The molecule has 5 N–H and O–H groups in total. The van der Waals surface area contributed by atoms with Crippen LogP contribution in [0.2, 0.25) is 0 Å². The van der Waals surface area contributed by atoms with Crippen LogP contribution >= 0.6 is 0 Å². The Morgan fingerprint density at radius 3 is 2.65 bits per heavy atom. The van der Waals surface area contributed by atoms with Gasteiger partial charge in [-0.15, -0.1) is 0 Å². The lowest BCUT2D eigenvalue weighted by atomic mass is 9.98. The average Bonchev–Trinajstić information content (AvgIpc) is 3.05. The molecule has 0 spiro atoms. The Kier molecular flexibility index (Phi) is 5.49. The first-order valence-electron chi connectivity index (χ1n) is 8.29. The average molecular weight is 365 g/mol. The molecule has 5 atom stereocenters. The number of ether oxygens (including phenoxy) is 1. The number of aromatic nitrogens is 4. The van der Waals surface area contributed by atoms with Crippen molar-refractivity contribution in [2.45, 2.75) is 44.5 Å². The molecule has 2 aromatic rings. The van der Waals surface area contributed by atoms with E-state index in [2.05, 4.69) is 20.3 Å². The van der Waals surface area contributed by atoms with E-state index in [4.69, 9.17) is 4.74 Å². The number of nitrogens with one attached hydrogen (secondary N) is 1. The van der Waals surface area contributed by atoms with E-state index in [9.17, 15) is 20.4 Å². The quantitative estimate of drug-likeness (QED) is 0.429. The predicted molar refractivity (Wildman–Crippen MR) is 92.3 cm³/mol. The summed E-state index contributed by atoms with van der Waals surface area (Å²) in [6.45, 7) is 4.00. The molecular weight excluding hydrogens is 342 g/mol. The van der Waals surface area contributed by atoms with Gasteiger partial charge in [0.1, 0.15) is 42.6 Å². The zero-order chi connectivity index (χ0) is 18.8. The van der Waals surface area contributed by atoms with E-state index in [0.29, 0.717) is 23.5 Å². The molecule has 10 nitrogen and oxygen atoms in total. The van der Waals surface area contributed by atoms with Gasteiger partial charge in [0.05, 0.1) is 6.61 Å². The van der Waals surface area contributed by atoms with Crippen LogP contribution in [0.4, 0.5) is 5.82 Å². The third kappa shape index (κ3) is 3.41. The van der Waals surface area contributed by atoms with Crippen molar-refractivity contribution in [3.8, 4) is 0 Å². The fourth-order valence-electron chi connectivity index (χ4n) is 2.86. The molecule has 0 bridgehead atoms. The van der Waals surface area contributed by atoms with Crippen LogP contribution in [0.1, 0.15) is 20.1 Å². The molecule has 0 radical (unpaired) electrons. The molecule has 10 heteroatoms. The van der Waals surface area contributed by atoms with Crippen molar-refractivity contribution in [1.29, 1.82) is 0 Å².